The summed E-state index contributed by atoms with van der Waals surface area (Å²) in [5.74, 6) is -1.52. The van der Waals surface area contributed by atoms with Crippen molar-refractivity contribution in [3.63, 3.8) is 0 Å². The van der Waals surface area contributed by atoms with E-state index >= 15 is 0 Å². The molecular weight excluding hydrogens is 500 g/mol. The Labute approximate surface area is 219 Å². The summed E-state index contributed by atoms with van der Waals surface area (Å²) < 4.78 is 11.5. The quantitative estimate of drug-likeness (QED) is 0.336. The van der Waals surface area contributed by atoms with Gasteiger partial charge in [-0.25, -0.2) is 0 Å². The Kier molecular flexibility index (Phi) is 6.78. The van der Waals surface area contributed by atoms with Crippen LogP contribution in [0.5, 0.6) is 0 Å². The Bertz CT molecular complexity index is 1230. The predicted octanol–water partition coefficient (Wildman–Crippen LogP) is 4.47. The first-order valence-electron chi connectivity index (χ1n) is 12.2. The molecule has 0 unspecified atom stereocenters. The van der Waals surface area contributed by atoms with Crippen LogP contribution in [0.25, 0.3) is 0 Å². The van der Waals surface area contributed by atoms with Gasteiger partial charge in [0.05, 0.1) is 29.8 Å². The molecular formula is C27H29ClN2O5S. The highest BCUT2D eigenvalue weighted by molar-refractivity contribution is 7.99. The Hall–Kier alpha value is -2.55. The molecule has 1 saturated heterocycles. The molecule has 7 nitrogen and oxygen atoms in total. The van der Waals surface area contributed by atoms with E-state index in [0.29, 0.717) is 23.6 Å². The first-order chi connectivity index (χ1) is 17.2. The van der Waals surface area contributed by atoms with Crippen molar-refractivity contribution in [1.29, 1.82) is 0 Å². The van der Waals surface area contributed by atoms with E-state index in [0.717, 1.165) is 40.3 Å². The number of hydrogen-bond donors (Lipinski definition) is 2. The second-order valence-corrected chi connectivity index (χ2v) is 11.5. The third-order valence-corrected chi connectivity index (χ3v) is 8.73. The minimum absolute atomic E-state index is 0.00914. The molecule has 2 N–H and O–H groups in total. The molecule has 1 spiro atoms. The highest BCUT2D eigenvalue weighted by atomic mass is 35.5. The average Bonchev–Trinajstić information content (AvgIpc) is 2.96. The Morgan fingerprint density at radius 3 is 2.50 bits per heavy atom. The summed E-state index contributed by atoms with van der Waals surface area (Å²) in [6.45, 7) is 4.74. The van der Waals surface area contributed by atoms with Crippen molar-refractivity contribution in [3.8, 4) is 0 Å². The topological polar surface area (TPSA) is 93.7 Å². The number of benzene rings is 2. The van der Waals surface area contributed by atoms with E-state index in [1.165, 1.54) is 5.56 Å². The molecule has 0 atom stereocenters. The summed E-state index contributed by atoms with van der Waals surface area (Å²) in [5.41, 5.74) is 4.23. The van der Waals surface area contributed by atoms with Crippen LogP contribution in [0.15, 0.2) is 35.2 Å². The van der Waals surface area contributed by atoms with E-state index in [1.807, 2.05) is 26.0 Å². The van der Waals surface area contributed by atoms with Gasteiger partial charge >= 0.3 is 11.9 Å². The van der Waals surface area contributed by atoms with Gasteiger partial charge in [-0.1, -0.05) is 23.7 Å². The zero-order chi connectivity index (χ0) is 25.5. The Morgan fingerprint density at radius 2 is 1.75 bits per heavy atom. The molecule has 3 heterocycles. The van der Waals surface area contributed by atoms with Crippen LogP contribution in [-0.4, -0.2) is 36.7 Å². The molecule has 190 valence electrons. The third kappa shape index (κ3) is 4.62. The number of nitrogens with one attached hydrogen (secondary N) is 2. The maximum Gasteiger partial charge on any atom is 0.309 e. The molecule has 0 aromatic heterocycles. The van der Waals surface area contributed by atoms with E-state index in [2.05, 4.69) is 22.8 Å². The monoisotopic (exact) mass is 528 g/mol. The lowest BCUT2D eigenvalue weighted by molar-refractivity contribution is -0.225. The fourth-order valence-electron chi connectivity index (χ4n) is 5.02. The smallest absolute Gasteiger partial charge is 0.309 e. The van der Waals surface area contributed by atoms with Crippen molar-refractivity contribution in [2.24, 2.45) is 0 Å². The number of thioether (sulfide) groups is 1. The van der Waals surface area contributed by atoms with Gasteiger partial charge in [0.15, 0.2) is 0 Å². The van der Waals surface area contributed by atoms with Gasteiger partial charge in [0, 0.05) is 16.1 Å². The number of hydrogen-bond acceptors (Lipinski definition) is 7. The lowest BCUT2D eigenvalue weighted by Gasteiger charge is -2.32. The molecule has 2 aromatic rings. The van der Waals surface area contributed by atoms with E-state index in [-0.39, 0.29) is 25.3 Å². The average molecular weight is 529 g/mol. The number of fused-ring (bicyclic) bond motifs is 3. The van der Waals surface area contributed by atoms with Crippen molar-refractivity contribution in [2.45, 2.75) is 62.0 Å². The number of carbonyl (C=O) groups excluding carboxylic acids is 3. The van der Waals surface area contributed by atoms with Crippen molar-refractivity contribution < 1.29 is 23.9 Å². The number of carbonyl (C=O) groups is 3. The van der Waals surface area contributed by atoms with E-state index in [9.17, 15) is 14.4 Å². The Balaban J connectivity index is 1.33. The summed E-state index contributed by atoms with van der Waals surface area (Å²) in [7, 11) is 0. The first kappa shape index (κ1) is 25.1. The van der Waals surface area contributed by atoms with Gasteiger partial charge in [0.1, 0.15) is 0 Å². The lowest BCUT2D eigenvalue weighted by atomic mass is 9.85. The van der Waals surface area contributed by atoms with Crippen molar-refractivity contribution in [2.75, 3.05) is 24.2 Å². The Morgan fingerprint density at radius 1 is 1.00 bits per heavy atom. The predicted molar refractivity (Wildman–Crippen MR) is 138 cm³/mol. The summed E-state index contributed by atoms with van der Waals surface area (Å²) in [6.07, 6.45) is 2.48. The number of amides is 1. The molecule has 0 aliphatic carbocycles. The lowest BCUT2D eigenvalue weighted by Crippen LogP contribution is -2.43. The minimum Gasteiger partial charge on any atom is -0.416 e. The molecule has 0 radical (unpaired) electrons. The zero-order valence-corrected chi connectivity index (χ0v) is 21.9. The number of esters is 2. The van der Waals surface area contributed by atoms with Crippen molar-refractivity contribution >= 4 is 46.9 Å². The number of rotatable bonds is 5. The van der Waals surface area contributed by atoms with Gasteiger partial charge in [0.25, 0.3) is 5.79 Å². The van der Waals surface area contributed by atoms with Gasteiger partial charge in [-0.15, -0.1) is 11.8 Å². The highest BCUT2D eigenvalue weighted by Crippen LogP contribution is 2.42. The largest absolute Gasteiger partial charge is 0.416 e. The van der Waals surface area contributed by atoms with Gasteiger partial charge in [0.2, 0.25) is 5.91 Å². The molecule has 0 bridgehead atoms. The molecule has 3 aliphatic rings. The molecule has 36 heavy (non-hydrogen) atoms. The fraction of sp³-hybridized carbons (Fsp3) is 0.444. The zero-order valence-electron chi connectivity index (χ0n) is 20.4. The SMILES string of the molecule is CC1(C)C(=O)Nc2ccc(CCCSc3c(Cl)ccc4c3CCNCC43OC(=O)CCC(=O)O3)cc21. The van der Waals surface area contributed by atoms with Crippen molar-refractivity contribution in [3.05, 3.63) is 57.6 Å². The number of halogens is 1. The molecule has 1 fully saturated rings. The van der Waals surface area contributed by atoms with E-state index < -0.39 is 23.1 Å². The van der Waals surface area contributed by atoms with Crippen molar-refractivity contribution in [1.82, 2.24) is 5.32 Å². The summed E-state index contributed by atoms with van der Waals surface area (Å²) >= 11 is 8.30. The minimum atomic E-state index is -1.47. The standard InChI is InChI=1S/C27H29ClN2O5S/c1-26(2)19-14-16(5-8-21(19)30-25(26)33)4-3-13-36-24-17-11-12-29-15-27(18(17)6-7-20(24)28)34-22(31)9-10-23(32)35-27/h5-8,14,29H,3-4,9-13,15H2,1-2H3,(H,30,33). The normalized spacial score (nSPS) is 20.0. The fourth-order valence-corrected chi connectivity index (χ4v) is 6.45. The first-order valence-corrected chi connectivity index (χ1v) is 13.6. The number of ether oxygens (including phenoxy) is 2. The third-order valence-electron chi connectivity index (χ3n) is 7.05. The van der Waals surface area contributed by atoms with Crippen LogP contribution in [-0.2, 0) is 47.9 Å². The number of aryl methyl sites for hydroxylation is 1. The summed E-state index contributed by atoms with van der Waals surface area (Å²) in [4.78, 5) is 37.8. The molecule has 0 saturated carbocycles. The summed E-state index contributed by atoms with van der Waals surface area (Å²) in [5, 5.41) is 6.84. The second-order valence-electron chi connectivity index (χ2n) is 9.94. The van der Waals surface area contributed by atoms with Crippen LogP contribution in [0.4, 0.5) is 5.69 Å². The van der Waals surface area contributed by atoms with Crippen LogP contribution < -0.4 is 10.6 Å². The van der Waals surface area contributed by atoms with Gasteiger partial charge in [-0.3, -0.25) is 14.4 Å². The molecule has 5 rings (SSSR count). The van der Waals surface area contributed by atoms with Gasteiger partial charge in [-0.05, 0) is 80.3 Å². The van der Waals surface area contributed by atoms with E-state index in [4.69, 9.17) is 21.1 Å². The molecule has 1 amide bonds. The van der Waals surface area contributed by atoms with Crippen LogP contribution in [0.1, 0.15) is 55.4 Å². The maximum absolute atomic E-state index is 12.3. The second kappa shape index (κ2) is 9.72. The van der Waals surface area contributed by atoms with Crippen LogP contribution in [0.2, 0.25) is 5.02 Å². The highest BCUT2D eigenvalue weighted by Gasteiger charge is 2.46. The van der Waals surface area contributed by atoms with Gasteiger partial charge < -0.3 is 20.1 Å². The molecule has 2 aromatic carbocycles. The maximum atomic E-state index is 12.3. The van der Waals surface area contributed by atoms with Crippen LogP contribution in [0, 0.1) is 0 Å². The number of anilines is 1. The molecule has 3 aliphatic heterocycles. The summed E-state index contributed by atoms with van der Waals surface area (Å²) in [6, 6.07) is 9.78. The van der Waals surface area contributed by atoms with Crippen LogP contribution >= 0.6 is 23.4 Å². The van der Waals surface area contributed by atoms with Crippen LogP contribution in [0.3, 0.4) is 0 Å². The molecule has 9 heteroatoms. The van der Waals surface area contributed by atoms with E-state index in [1.54, 1.807) is 17.8 Å². The van der Waals surface area contributed by atoms with Gasteiger partial charge in [-0.2, -0.15) is 0 Å².